The maximum absolute atomic E-state index is 12.8. The molecule has 13 heteroatoms. The molecule has 0 spiro atoms. The number of anilines is 1. The molecule has 0 aromatic heterocycles. The molecule has 0 heterocycles. The molecule has 0 saturated heterocycles. The van der Waals surface area contributed by atoms with Crippen LogP contribution in [-0.4, -0.2) is 21.0 Å². The van der Waals surface area contributed by atoms with Gasteiger partial charge in [0.25, 0.3) is 5.91 Å². The molecule has 1 atom stereocenters. The number of carbonyl (C=O) groups excluding carboxylic acids is 1. The van der Waals surface area contributed by atoms with Crippen molar-refractivity contribution in [1.29, 1.82) is 0 Å². The van der Waals surface area contributed by atoms with E-state index in [4.69, 9.17) is 70.2 Å². The molecule has 1 unspecified atom stereocenters. The molecule has 0 aliphatic heterocycles. The fourth-order valence-electron chi connectivity index (χ4n) is 2.15. The Hall–Kier alpha value is -1.16. The van der Waals surface area contributed by atoms with Crippen molar-refractivity contribution < 1.29 is 18.0 Å². The Morgan fingerprint density at radius 3 is 2.23 bits per heavy atom. The quantitative estimate of drug-likeness (QED) is 0.238. The molecule has 0 saturated carbocycles. The third-order valence-corrected chi connectivity index (χ3v) is 4.92. The van der Waals surface area contributed by atoms with Crippen molar-refractivity contribution in [2.24, 2.45) is 0 Å². The fraction of sp³-hybridized carbons (Fsp3) is 0.176. The number of amides is 1. The number of rotatable bonds is 4. The van der Waals surface area contributed by atoms with Gasteiger partial charge in [-0.1, -0.05) is 64.1 Å². The zero-order chi connectivity index (χ0) is 22.7. The molecule has 2 rings (SSSR count). The molecule has 0 aliphatic rings. The topological polar surface area (TPSA) is 53.2 Å². The van der Waals surface area contributed by atoms with Crippen LogP contribution in [0.4, 0.5) is 18.9 Å². The van der Waals surface area contributed by atoms with Crippen molar-refractivity contribution in [3.8, 4) is 0 Å². The Morgan fingerprint density at radius 1 is 1.00 bits per heavy atom. The number of thiocarbonyl (C=S) groups is 1. The van der Waals surface area contributed by atoms with Gasteiger partial charge >= 0.3 is 6.18 Å². The van der Waals surface area contributed by atoms with E-state index in [0.717, 1.165) is 12.1 Å². The van der Waals surface area contributed by atoms with Crippen molar-refractivity contribution in [3.63, 3.8) is 0 Å². The van der Waals surface area contributed by atoms with Crippen LogP contribution in [0.25, 0.3) is 0 Å². The highest BCUT2D eigenvalue weighted by Gasteiger charge is 2.35. The smallest absolute Gasteiger partial charge is 0.339 e. The number of hydrogen-bond donors (Lipinski definition) is 3. The van der Waals surface area contributed by atoms with Crippen molar-refractivity contribution in [3.05, 3.63) is 63.6 Å². The number of hydrogen-bond acceptors (Lipinski definition) is 2. The molecule has 4 nitrogen and oxygen atoms in total. The molecular weight excluding hydrogens is 529 g/mol. The van der Waals surface area contributed by atoms with Gasteiger partial charge in [0.1, 0.15) is 6.17 Å². The molecule has 162 valence electrons. The van der Waals surface area contributed by atoms with Gasteiger partial charge < -0.3 is 16.0 Å². The normalized spacial score (nSPS) is 12.8. The summed E-state index contributed by atoms with van der Waals surface area (Å²) in [5.41, 5.74) is -0.782. The standard InChI is InChI=1S/C17H11Cl5F3N3OS/c18-9-4-5-11(12(19)7-9)13(29)27-14(16(20,21)22)28-15(30)26-10-3-1-2-8(6-10)17(23,24)25/h1-7,14H,(H,27,29)(H2,26,28,30). The SMILES string of the molecule is O=C(NC(NC(=S)Nc1cccc(C(F)(F)F)c1)C(Cl)(Cl)Cl)c1ccc(Cl)cc1Cl. The van der Waals surface area contributed by atoms with E-state index in [-0.39, 0.29) is 21.4 Å². The molecule has 30 heavy (non-hydrogen) atoms. The van der Waals surface area contributed by atoms with E-state index < -0.39 is 27.6 Å². The average Bonchev–Trinajstić information content (AvgIpc) is 2.59. The minimum absolute atomic E-state index is 0.0393. The predicted octanol–water partition coefficient (Wildman–Crippen LogP) is 6.42. The van der Waals surface area contributed by atoms with Gasteiger partial charge in [-0.2, -0.15) is 13.2 Å². The van der Waals surface area contributed by atoms with E-state index in [1.807, 2.05) is 0 Å². The maximum atomic E-state index is 12.8. The first kappa shape index (κ1) is 25.1. The highest BCUT2D eigenvalue weighted by molar-refractivity contribution is 7.80. The van der Waals surface area contributed by atoms with E-state index in [2.05, 4.69) is 16.0 Å². The fourth-order valence-corrected chi connectivity index (χ4v) is 3.21. The molecule has 0 radical (unpaired) electrons. The monoisotopic (exact) mass is 537 g/mol. The Kier molecular flexibility index (Phi) is 8.35. The van der Waals surface area contributed by atoms with Gasteiger partial charge in [0.15, 0.2) is 5.11 Å². The Balaban J connectivity index is 2.13. The summed E-state index contributed by atoms with van der Waals surface area (Å²) >= 11 is 34.5. The largest absolute Gasteiger partial charge is 0.416 e. The second-order valence-electron chi connectivity index (χ2n) is 5.75. The lowest BCUT2D eigenvalue weighted by Gasteiger charge is -2.28. The van der Waals surface area contributed by atoms with Gasteiger partial charge in [0, 0.05) is 10.7 Å². The Labute approximate surface area is 199 Å². The average molecular weight is 540 g/mol. The van der Waals surface area contributed by atoms with Crippen LogP contribution in [-0.2, 0) is 6.18 Å². The van der Waals surface area contributed by atoms with Gasteiger partial charge in [-0.15, -0.1) is 0 Å². The minimum atomic E-state index is -4.53. The number of carbonyl (C=O) groups is 1. The van der Waals surface area contributed by atoms with E-state index in [9.17, 15) is 18.0 Å². The third kappa shape index (κ3) is 7.21. The molecule has 3 N–H and O–H groups in total. The number of alkyl halides is 6. The van der Waals surface area contributed by atoms with Gasteiger partial charge in [0.2, 0.25) is 3.79 Å². The second-order valence-corrected chi connectivity index (χ2v) is 9.37. The Bertz CT molecular complexity index is 953. The first-order valence-electron chi connectivity index (χ1n) is 7.85. The first-order chi connectivity index (χ1) is 13.8. The lowest BCUT2D eigenvalue weighted by Crippen LogP contribution is -2.56. The third-order valence-electron chi connectivity index (χ3n) is 3.50. The van der Waals surface area contributed by atoms with Crippen LogP contribution in [0.5, 0.6) is 0 Å². The highest BCUT2D eigenvalue weighted by atomic mass is 35.6. The summed E-state index contributed by atoms with van der Waals surface area (Å²) < 4.78 is 36.4. The van der Waals surface area contributed by atoms with Crippen molar-refractivity contribution in [1.82, 2.24) is 10.6 Å². The molecular formula is C17H11Cl5F3N3OS. The van der Waals surface area contributed by atoms with Crippen molar-refractivity contribution >= 4 is 86.9 Å². The summed E-state index contributed by atoms with van der Waals surface area (Å²) in [6.45, 7) is 0. The highest BCUT2D eigenvalue weighted by Crippen LogP contribution is 2.31. The van der Waals surface area contributed by atoms with E-state index in [0.29, 0.717) is 5.02 Å². The zero-order valence-corrected chi connectivity index (χ0v) is 19.1. The van der Waals surface area contributed by atoms with Gasteiger partial charge in [-0.3, -0.25) is 4.79 Å². The molecule has 2 aromatic rings. The van der Waals surface area contributed by atoms with Gasteiger partial charge in [0.05, 0.1) is 16.1 Å². The number of halogens is 8. The lowest BCUT2D eigenvalue weighted by atomic mass is 10.2. The minimum Gasteiger partial charge on any atom is -0.339 e. The molecule has 0 aliphatic carbocycles. The second kappa shape index (κ2) is 9.97. The van der Waals surface area contributed by atoms with Crippen LogP contribution in [0.2, 0.25) is 10.0 Å². The maximum Gasteiger partial charge on any atom is 0.416 e. The van der Waals surface area contributed by atoms with Crippen LogP contribution in [0.1, 0.15) is 15.9 Å². The van der Waals surface area contributed by atoms with E-state index in [1.54, 1.807) is 0 Å². The van der Waals surface area contributed by atoms with Crippen molar-refractivity contribution in [2.45, 2.75) is 16.1 Å². The number of nitrogens with one attached hydrogen (secondary N) is 3. The van der Waals surface area contributed by atoms with Crippen LogP contribution >= 0.6 is 70.2 Å². The summed E-state index contributed by atoms with van der Waals surface area (Å²) in [5, 5.41) is 7.66. The molecule has 0 fully saturated rings. The van der Waals surface area contributed by atoms with Crippen LogP contribution in [0, 0.1) is 0 Å². The van der Waals surface area contributed by atoms with E-state index in [1.165, 1.54) is 30.3 Å². The summed E-state index contributed by atoms with van der Waals surface area (Å²) in [5.74, 6) is -0.706. The zero-order valence-electron chi connectivity index (χ0n) is 14.5. The lowest BCUT2D eigenvalue weighted by molar-refractivity contribution is -0.137. The van der Waals surface area contributed by atoms with Gasteiger partial charge in [-0.25, -0.2) is 0 Å². The summed E-state index contributed by atoms with van der Waals surface area (Å²) in [6, 6.07) is 8.49. The van der Waals surface area contributed by atoms with E-state index >= 15 is 0 Å². The predicted molar refractivity (Wildman–Crippen MR) is 119 cm³/mol. The molecule has 2 aromatic carbocycles. The van der Waals surface area contributed by atoms with Crippen LogP contribution < -0.4 is 16.0 Å². The first-order valence-corrected chi connectivity index (χ1v) is 10.1. The van der Waals surface area contributed by atoms with Gasteiger partial charge in [-0.05, 0) is 48.6 Å². The summed E-state index contributed by atoms with van der Waals surface area (Å²) in [6.07, 6.45) is -5.88. The number of benzene rings is 2. The molecule has 1 amide bonds. The molecule has 0 bridgehead atoms. The van der Waals surface area contributed by atoms with Crippen LogP contribution in [0.15, 0.2) is 42.5 Å². The summed E-state index contributed by atoms with van der Waals surface area (Å²) in [4.78, 5) is 12.5. The Morgan fingerprint density at radius 2 is 1.67 bits per heavy atom. The van der Waals surface area contributed by atoms with Crippen molar-refractivity contribution in [2.75, 3.05) is 5.32 Å². The summed E-state index contributed by atoms with van der Waals surface area (Å²) in [7, 11) is 0. The van der Waals surface area contributed by atoms with Crippen LogP contribution in [0.3, 0.4) is 0 Å².